The monoisotopic (exact) mass is 432 g/mol. The average Bonchev–Trinajstić information content (AvgIpc) is 3.18. The van der Waals surface area contributed by atoms with Crippen molar-refractivity contribution in [3.63, 3.8) is 0 Å². The van der Waals surface area contributed by atoms with Gasteiger partial charge in [-0.25, -0.2) is 9.97 Å². The fourth-order valence-corrected chi connectivity index (χ4v) is 4.43. The number of aromatic nitrogens is 3. The predicted octanol–water partition coefficient (Wildman–Crippen LogP) is 4.04. The number of benzene rings is 1. The molecule has 0 bridgehead atoms. The molecule has 4 heterocycles. The van der Waals surface area contributed by atoms with Gasteiger partial charge in [-0.2, -0.15) is 0 Å². The van der Waals surface area contributed by atoms with Crippen LogP contribution in [0.4, 0.5) is 0 Å². The minimum Gasteiger partial charge on any atom is -0.458 e. The van der Waals surface area contributed by atoms with Crippen molar-refractivity contribution < 1.29 is 18.7 Å². The Morgan fingerprint density at radius 2 is 2.03 bits per heavy atom. The van der Waals surface area contributed by atoms with E-state index in [1.165, 1.54) is 0 Å². The zero-order valence-corrected chi connectivity index (χ0v) is 18.0. The number of hydrogen-bond acceptors (Lipinski definition) is 6. The summed E-state index contributed by atoms with van der Waals surface area (Å²) >= 11 is 0. The number of carbonyl (C=O) groups excluding carboxylic acids is 1. The highest BCUT2D eigenvalue weighted by Gasteiger charge is 2.42. The molecule has 4 aromatic rings. The lowest BCUT2D eigenvalue weighted by atomic mass is 9.99. The standard InChI is InChI=1S/C24H24N4O4/c1-24(2,30)23-27-18(13-7-8-13)21(32-23)22(29)28-10-9-15-19(26-12-25-15)20(28)17-11-14-5-3-4-6-16(14)31-17/h3-6,11-13,20,30H,7-10H2,1-2H3,(H,25,26)/t20-/m1/s1. The molecule has 1 aliphatic carbocycles. The Morgan fingerprint density at radius 3 is 2.78 bits per heavy atom. The number of imidazole rings is 1. The summed E-state index contributed by atoms with van der Waals surface area (Å²) in [6.45, 7) is 3.70. The number of aliphatic hydroxyl groups is 1. The molecule has 8 heteroatoms. The predicted molar refractivity (Wildman–Crippen MR) is 115 cm³/mol. The maximum Gasteiger partial charge on any atom is 0.292 e. The number of carbonyl (C=O) groups is 1. The lowest BCUT2D eigenvalue weighted by Gasteiger charge is -2.33. The second kappa shape index (κ2) is 6.80. The Hall–Kier alpha value is -3.39. The van der Waals surface area contributed by atoms with Crippen LogP contribution in [0.5, 0.6) is 0 Å². The molecular formula is C24H24N4O4. The van der Waals surface area contributed by atoms with Crippen molar-refractivity contribution in [2.75, 3.05) is 6.54 Å². The molecule has 3 aromatic heterocycles. The van der Waals surface area contributed by atoms with Gasteiger partial charge in [-0.1, -0.05) is 18.2 Å². The first-order chi connectivity index (χ1) is 15.4. The molecule has 2 aliphatic rings. The van der Waals surface area contributed by atoms with E-state index >= 15 is 0 Å². The first-order valence-corrected chi connectivity index (χ1v) is 11.0. The van der Waals surface area contributed by atoms with Gasteiger partial charge in [0.2, 0.25) is 11.7 Å². The highest BCUT2D eigenvalue weighted by molar-refractivity contribution is 5.93. The number of oxazole rings is 1. The first kappa shape index (κ1) is 19.3. The van der Waals surface area contributed by atoms with E-state index in [1.54, 1.807) is 25.1 Å². The van der Waals surface area contributed by atoms with Crippen LogP contribution in [-0.2, 0) is 12.0 Å². The molecular weight excluding hydrogens is 408 g/mol. The molecule has 1 atom stereocenters. The molecule has 1 aliphatic heterocycles. The number of nitrogens with one attached hydrogen (secondary N) is 1. The largest absolute Gasteiger partial charge is 0.458 e. The number of fused-ring (bicyclic) bond motifs is 2. The molecule has 0 radical (unpaired) electrons. The van der Waals surface area contributed by atoms with Gasteiger partial charge >= 0.3 is 0 Å². The number of hydrogen-bond donors (Lipinski definition) is 2. The van der Waals surface area contributed by atoms with Gasteiger partial charge in [-0.3, -0.25) is 4.79 Å². The van der Waals surface area contributed by atoms with Gasteiger partial charge in [-0.05, 0) is 38.8 Å². The number of aromatic amines is 1. The van der Waals surface area contributed by atoms with Crippen LogP contribution in [0.15, 0.2) is 45.5 Å². The van der Waals surface area contributed by atoms with Crippen molar-refractivity contribution in [2.45, 2.75) is 50.7 Å². The fraction of sp³-hybridized carbons (Fsp3) is 0.375. The molecule has 6 rings (SSSR count). The quantitative estimate of drug-likeness (QED) is 0.504. The van der Waals surface area contributed by atoms with Crippen molar-refractivity contribution in [3.8, 4) is 0 Å². The minimum absolute atomic E-state index is 0.167. The Kier molecular flexibility index (Phi) is 4.10. The zero-order chi connectivity index (χ0) is 22.0. The fourth-order valence-electron chi connectivity index (χ4n) is 4.43. The minimum atomic E-state index is -1.27. The molecule has 0 saturated heterocycles. The zero-order valence-electron chi connectivity index (χ0n) is 18.0. The second-order valence-electron chi connectivity index (χ2n) is 9.17. The van der Waals surface area contributed by atoms with E-state index in [4.69, 9.17) is 8.83 Å². The summed E-state index contributed by atoms with van der Waals surface area (Å²) in [6, 6.07) is 9.27. The molecule has 1 fully saturated rings. The normalized spacial score (nSPS) is 18.8. The third kappa shape index (κ3) is 3.05. The Morgan fingerprint density at radius 1 is 1.22 bits per heavy atom. The summed E-state index contributed by atoms with van der Waals surface area (Å²) in [6.07, 6.45) is 4.25. The summed E-state index contributed by atoms with van der Waals surface area (Å²) in [5, 5.41) is 11.4. The van der Waals surface area contributed by atoms with E-state index in [0.717, 1.165) is 35.2 Å². The maximum atomic E-state index is 13.9. The van der Waals surface area contributed by atoms with E-state index in [9.17, 15) is 9.90 Å². The van der Waals surface area contributed by atoms with Gasteiger partial charge in [0, 0.05) is 30.0 Å². The van der Waals surface area contributed by atoms with Crippen molar-refractivity contribution in [1.82, 2.24) is 19.9 Å². The number of para-hydroxylation sites is 1. The summed E-state index contributed by atoms with van der Waals surface area (Å²) in [5.41, 5.74) is 1.91. The van der Waals surface area contributed by atoms with E-state index in [2.05, 4.69) is 15.0 Å². The summed E-state index contributed by atoms with van der Waals surface area (Å²) in [7, 11) is 0. The summed E-state index contributed by atoms with van der Waals surface area (Å²) in [4.78, 5) is 27.8. The van der Waals surface area contributed by atoms with E-state index in [0.29, 0.717) is 24.4 Å². The van der Waals surface area contributed by atoms with Crippen LogP contribution in [0.25, 0.3) is 11.0 Å². The van der Waals surface area contributed by atoms with Gasteiger partial charge in [0.1, 0.15) is 23.0 Å². The van der Waals surface area contributed by atoms with Crippen LogP contribution in [-0.4, -0.2) is 37.4 Å². The molecule has 0 unspecified atom stereocenters. The summed E-state index contributed by atoms with van der Waals surface area (Å²) in [5.74, 6) is 0.978. The number of nitrogens with zero attached hydrogens (tertiary/aromatic N) is 3. The second-order valence-corrected chi connectivity index (χ2v) is 9.17. The van der Waals surface area contributed by atoms with Crippen molar-refractivity contribution in [2.24, 2.45) is 0 Å². The van der Waals surface area contributed by atoms with Crippen LogP contribution < -0.4 is 0 Å². The molecule has 0 spiro atoms. The molecule has 164 valence electrons. The topological polar surface area (TPSA) is 108 Å². The molecule has 1 saturated carbocycles. The van der Waals surface area contributed by atoms with Gasteiger partial charge in [0.15, 0.2) is 0 Å². The van der Waals surface area contributed by atoms with Crippen molar-refractivity contribution in [1.29, 1.82) is 0 Å². The maximum absolute atomic E-state index is 13.9. The summed E-state index contributed by atoms with van der Waals surface area (Å²) < 4.78 is 12.1. The van der Waals surface area contributed by atoms with Crippen LogP contribution in [0.2, 0.25) is 0 Å². The number of amides is 1. The van der Waals surface area contributed by atoms with Crippen LogP contribution in [0.1, 0.15) is 77.9 Å². The third-order valence-corrected chi connectivity index (χ3v) is 6.23. The highest BCUT2D eigenvalue weighted by Crippen LogP contribution is 2.44. The van der Waals surface area contributed by atoms with Crippen LogP contribution in [0, 0.1) is 0 Å². The van der Waals surface area contributed by atoms with Gasteiger partial charge < -0.3 is 23.8 Å². The van der Waals surface area contributed by atoms with Crippen LogP contribution in [0.3, 0.4) is 0 Å². The molecule has 1 amide bonds. The highest BCUT2D eigenvalue weighted by atomic mass is 16.4. The smallest absolute Gasteiger partial charge is 0.292 e. The van der Waals surface area contributed by atoms with Crippen molar-refractivity contribution >= 4 is 16.9 Å². The Labute approximate surface area is 184 Å². The van der Waals surface area contributed by atoms with Gasteiger partial charge in [0.25, 0.3) is 5.91 Å². The number of furan rings is 1. The molecule has 8 nitrogen and oxygen atoms in total. The van der Waals surface area contributed by atoms with Crippen molar-refractivity contribution in [3.05, 3.63) is 71.2 Å². The van der Waals surface area contributed by atoms with Gasteiger partial charge in [0.05, 0.1) is 17.7 Å². The Balaban J connectivity index is 1.46. The SMILES string of the molecule is CC(C)(O)c1nc(C2CC2)c(C(=O)N2CCc3[nH]cnc3[C@H]2c2cc3ccccc3o2)o1. The van der Waals surface area contributed by atoms with Crippen LogP contribution >= 0.6 is 0 Å². The Bertz CT molecular complexity index is 1290. The number of rotatable bonds is 4. The van der Waals surface area contributed by atoms with E-state index in [-0.39, 0.29) is 23.5 Å². The average molecular weight is 432 g/mol. The van der Waals surface area contributed by atoms with E-state index < -0.39 is 11.6 Å². The van der Waals surface area contributed by atoms with E-state index in [1.807, 2.05) is 30.3 Å². The lowest BCUT2D eigenvalue weighted by Crippen LogP contribution is -2.40. The lowest BCUT2D eigenvalue weighted by molar-refractivity contribution is 0.0437. The van der Waals surface area contributed by atoms with Gasteiger partial charge in [-0.15, -0.1) is 0 Å². The molecule has 32 heavy (non-hydrogen) atoms. The first-order valence-electron chi connectivity index (χ1n) is 11.0. The third-order valence-electron chi connectivity index (χ3n) is 6.23. The molecule has 1 aromatic carbocycles. The number of H-pyrrole nitrogens is 1. The molecule has 2 N–H and O–H groups in total.